The van der Waals surface area contributed by atoms with Crippen molar-refractivity contribution in [2.45, 2.75) is 88.3 Å². The summed E-state index contributed by atoms with van der Waals surface area (Å²) in [6.45, 7) is 1.70. The number of β-amino-alcohol motifs (C(OH)–C–C–N with tert-alkyl or cyclic N) is 1. The Bertz CT molecular complexity index is 925. The topological polar surface area (TPSA) is 58.4 Å². The fraction of sp³-hybridized carbons (Fsp3) is 0.667. The highest BCUT2D eigenvalue weighted by molar-refractivity contribution is 5.77. The molecule has 2 aromatic rings. The van der Waals surface area contributed by atoms with Gasteiger partial charge in [0.2, 0.25) is 0 Å². The quantitative estimate of drug-likeness (QED) is 0.836. The predicted molar refractivity (Wildman–Crippen MR) is 115 cm³/mol. The van der Waals surface area contributed by atoms with E-state index in [1.165, 1.54) is 19.3 Å². The third-order valence-corrected chi connectivity index (χ3v) is 7.47. The SMILES string of the molecule is O=c1c2ccccc2nc(C2CCCN2CC2(O)CCCCC2)n1C1CCCC1. The summed E-state index contributed by atoms with van der Waals surface area (Å²) >= 11 is 0. The van der Waals surface area contributed by atoms with Gasteiger partial charge >= 0.3 is 0 Å². The van der Waals surface area contributed by atoms with E-state index in [1.54, 1.807) is 0 Å². The van der Waals surface area contributed by atoms with E-state index < -0.39 is 5.60 Å². The lowest BCUT2D eigenvalue weighted by molar-refractivity contribution is -0.0302. The largest absolute Gasteiger partial charge is 0.389 e. The molecule has 0 radical (unpaired) electrons. The van der Waals surface area contributed by atoms with Crippen LogP contribution in [0.5, 0.6) is 0 Å². The first-order valence-corrected chi connectivity index (χ1v) is 11.6. The molecule has 3 aliphatic rings. The number of para-hydroxylation sites is 1. The van der Waals surface area contributed by atoms with Crippen molar-refractivity contribution in [2.75, 3.05) is 13.1 Å². The van der Waals surface area contributed by atoms with Gasteiger partial charge in [0.1, 0.15) is 5.82 Å². The lowest BCUT2D eigenvalue weighted by atomic mass is 9.84. The summed E-state index contributed by atoms with van der Waals surface area (Å²) in [6.07, 6.45) is 11.9. The average Bonchev–Trinajstić information content (AvgIpc) is 3.40. The molecule has 2 aliphatic carbocycles. The van der Waals surface area contributed by atoms with Crippen LogP contribution < -0.4 is 5.56 Å². The van der Waals surface area contributed by atoms with Crippen molar-refractivity contribution in [3.8, 4) is 0 Å². The second-order valence-corrected chi connectivity index (χ2v) is 9.51. The Morgan fingerprint density at radius 3 is 2.55 bits per heavy atom. The van der Waals surface area contributed by atoms with E-state index >= 15 is 0 Å². The van der Waals surface area contributed by atoms with Crippen LogP contribution in [-0.4, -0.2) is 38.2 Å². The van der Waals surface area contributed by atoms with Crippen LogP contribution in [0.3, 0.4) is 0 Å². The van der Waals surface area contributed by atoms with Crippen molar-refractivity contribution in [1.29, 1.82) is 0 Å². The minimum atomic E-state index is -0.573. The predicted octanol–water partition coefficient (Wildman–Crippen LogP) is 4.34. The number of aromatic nitrogens is 2. The van der Waals surface area contributed by atoms with Gasteiger partial charge in [-0.25, -0.2) is 4.98 Å². The highest BCUT2D eigenvalue weighted by Crippen LogP contribution is 2.38. The van der Waals surface area contributed by atoms with Gasteiger partial charge in [0.15, 0.2) is 0 Å². The van der Waals surface area contributed by atoms with E-state index in [1.807, 2.05) is 28.8 Å². The molecule has 5 rings (SSSR count). The summed E-state index contributed by atoms with van der Waals surface area (Å²) in [5.74, 6) is 0.942. The third kappa shape index (κ3) is 3.64. The summed E-state index contributed by atoms with van der Waals surface area (Å²) in [5, 5.41) is 11.9. The molecular weight excluding hydrogens is 362 g/mol. The molecule has 0 spiro atoms. The van der Waals surface area contributed by atoms with Gasteiger partial charge in [-0.15, -0.1) is 0 Å². The molecule has 2 saturated carbocycles. The second kappa shape index (κ2) is 7.84. The molecule has 1 N–H and O–H groups in total. The van der Waals surface area contributed by atoms with Crippen LogP contribution in [0.1, 0.15) is 88.5 Å². The molecule has 5 heteroatoms. The molecule has 1 aromatic heterocycles. The maximum absolute atomic E-state index is 13.5. The number of fused-ring (bicyclic) bond motifs is 1. The van der Waals surface area contributed by atoms with E-state index in [-0.39, 0.29) is 17.6 Å². The Morgan fingerprint density at radius 2 is 1.76 bits per heavy atom. The molecule has 156 valence electrons. The normalized spacial score (nSPS) is 25.8. The standard InChI is InChI=1S/C24H33N3O2/c28-23-19-11-4-5-12-20(19)25-22(27(23)18-9-2-3-10-18)21-13-8-16-26(21)17-24(29)14-6-1-7-15-24/h4-5,11-12,18,21,29H,1-3,6-10,13-17H2. The summed E-state index contributed by atoms with van der Waals surface area (Å²) in [6, 6.07) is 8.19. The van der Waals surface area contributed by atoms with Crippen molar-refractivity contribution < 1.29 is 5.11 Å². The zero-order chi connectivity index (χ0) is 19.8. The molecule has 29 heavy (non-hydrogen) atoms. The molecule has 1 saturated heterocycles. The van der Waals surface area contributed by atoms with Crippen molar-refractivity contribution in [2.24, 2.45) is 0 Å². The van der Waals surface area contributed by atoms with Gasteiger partial charge < -0.3 is 5.11 Å². The smallest absolute Gasteiger partial charge is 0.261 e. The number of likely N-dealkylation sites (tertiary alicyclic amines) is 1. The molecule has 3 fully saturated rings. The minimum Gasteiger partial charge on any atom is -0.389 e. The van der Waals surface area contributed by atoms with Gasteiger partial charge in [-0.3, -0.25) is 14.3 Å². The van der Waals surface area contributed by atoms with Crippen LogP contribution in [0.15, 0.2) is 29.1 Å². The molecule has 0 amide bonds. The van der Waals surface area contributed by atoms with E-state index in [4.69, 9.17) is 4.98 Å². The molecule has 1 atom stereocenters. The Hall–Kier alpha value is -1.72. The van der Waals surface area contributed by atoms with Crippen LogP contribution in [0.25, 0.3) is 10.9 Å². The Kier molecular flexibility index (Phi) is 5.21. The monoisotopic (exact) mass is 395 g/mol. The Balaban J connectivity index is 1.55. The van der Waals surface area contributed by atoms with Gasteiger partial charge in [0.25, 0.3) is 5.56 Å². The summed E-state index contributed by atoms with van der Waals surface area (Å²) in [4.78, 5) is 21.0. The lowest BCUT2D eigenvalue weighted by Gasteiger charge is -2.38. The minimum absolute atomic E-state index is 0.126. The first kappa shape index (κ1) is 19.3. The average molecular weight is 396 g/mol. The zero-order valence-electron chi connectivity index (χ0n) is 17.4. The van der Waals surface area contributed by atoms with E-state index in [2.05, 4.69) is 4.90 Å². The Morgan fingerprint density at radius 1 is 1.00 bits per heavy atom. The third-order valence-electron chi connectivity index (χ3n) is 7.47. The summed E-state index contributed by atoms with van der Waals surface area (Å²) < 4.78 is 2.04. The van der Waals surface area contributed by atoms with Crippen LogP contribution >= 0.6 is 0 Å². The number of aliphatic hydroxyl groups is 1. The lowest BCUT2D eigenvalue weighted by Crippen LogP contribution is -2.45. The van der Waals surface area contributed by atoms with E-state index in [0.717, 1.165) is 74.6 Å². The van der Waals surface area contributed by atoms with Crippen molar-refractivity contribution in [1.82, 2.24) is 14.5 Å². The molecule has 2 heterocycles. The Labute approximate surface area is 172 Å². The van der Waals surface area contributed by atoms with Crippen molar-refractivity contribution in [3.05, 3.63) is 40.4 Å². The fourth-order valence-corrected chi connectivity index (χ4v) is 5.97. The van der Waals surface area contributed by atoms with Crippen molar-refractivity contribution in [3.63, 3.8) is 0 Å². The number of hydrogen-bond acceptors (Lipinski definition) is 4. The van der Waals surface area contributed by atoms with Crippen LogP contribution in [0, 0.1) is 0 Å². The maximum atomic E-state index is 13.5. The van der Waals surface area contributed by atoms with Gasteiger partial charge in [-0.1, -0.05) is 44.2 Å². The maximum Gasteiger partial charge on any atom is 0.261 e. The molecule has 1 aliphatic heterocycles. The molecule has 5 nitrogen and oxygen atoms in total. The first-order chi connectivity index (χ1) is 14.1. The first-order valence-electron chi connectivity index (χ1n) is 11.6. The number of rotatable bonds is 4. The fourth-order valence-electron chi connectivity index (χ4n) is 5.97. The van der Waals surface area contributed by atoms with Crippen LogP contribution in [0.4, 0.5) is 0 Å². The highest BCUT2D eigenvalue weighted by Gasteiger charge is 2.38. The zero-order valence-corrected chi connectivity index (χ0v) is 17.4. The van der Waals surface area contributed by atoms with Gasteiger partial charge in [-0.2, -0.15) is 0 Å². The van der Waals surface area contributed by atoms with Gasteiger partial charge in [-0.05, 0) is 57.2 Å². The van der Waals surface area contributed by atoms with Crippen LogP contribution in [0.2, 0.25) is 0 Å². The molecule has 1 unspecified atom stereocenters. The number of hydrogen-bond donors (Lipinski definition) is 1. The van der Waals surface area contributed by atoms with Gasteiger partial charge in [0, 0.05) is 12.6 Å². The van der Waals surface area contributed by atoms with Crippen molar-refractivity contribution >= 4 is 10.9 Å². The molecular formula is C24H33N3O2. The number of benzene rings is 1. The number of nitrogens with zero attached hydrogens (tertiary/aromatic N) is 3. The highest BCUT2D eigenvalue weighted by atomic mass is 16.3. The van der Waals surface area contributed by atoms with Crippen LogP contribution in [-0.2, 0) is 0 Å². The summed E-state index contributed by atoms with van der Waals surface area (Å²) in [5.41, 5.74) is 0.363. The molecule has 1 aromatic carbocycles. The van der Waals surface area contributed by atoms with E-state index in [0.29, 0.717) is 6.54 Å². The van der Waals surface area contributed by atoms with Gasteiger partial charge in [0.05, 0.1) is 22.5 Å². The summed E-state index contributed by atoms with van der Waals surface area (Å²) in [7, 11) is 0. The molecule has 0 bridgehead atoms. The second-order valence-electron chi connectivity index (χ2n) is 9.51. The van der Waals surface area contributed by atoms with E-state index in [9.17, 15) is 9.90 Å².